The highest BCUT2D eigenvalue weighted by Crippen LogP contribution is 2.24. The summed E-state index contributed by atoms with van der Waals surface area (Å²) in [5.41, 5.74) is 3.27. The van der Waals surface area contributed by atoms with E-state index in [0.717, 1.165) is 34.4 Å². The average Bonchev–Trinajstić information content (AvgIpc) is 2.32. The van der Waals surface area contributed by atoms with E-state index in [1.54, 1.807) is 7.11 Å². The van der Waals surface area contributed by atoms with Crippen molar-refractivity contribution in [3.63, 3.8) is 0 Å². The van der Waals surface area contributed by atoms with E-state index in [0.29, 0.717) is 12.0 Å². The van der Waals surface area contributed by atoms with Crippen molar-refractivity contribution in [3.8, 4) is 5.75 Å². The lowest BCUT2D eigenvalue weighted by Crippen LogP contribution is -2.35. The van der Waals surface area contributed by atoms with Crippen LogP contribution in [0.1, 0.15) is 30.7 Å². The molecule has 0 saturated carbocycles. The molecule has 1 atom stereocenters. The van der Waals surface area contributed by atoms with Crippen molar-refractivity contribution in [1.82, 2.24) is 10.3 Å². The fourth-order valence-electron chi connectivity index (χ4n) is 1.95. The first-order chi connectivity index (χ1) is 8.51. The topological polar surface area (TPSA) is 34.1 Å². The number of aryl methyl sites for hydroxylation is 1. The summed E-state index contributed by atoms with van der Waals surface area (Å²) < 4.78 is 5.42. The van der Waals surface area contributed by atoms with E-state index in [9.17, 15) is 0 Å². The Morgan fingerprint density at radius 3 is 2.56 bits per heavy atom. The molecule has 0 aliphatic rings. The second kappa shape index (κ2) is 7.10. The van der Waals surface area contributed by atoms with E-state index in [4.69, 9.17) is 4.74 Å². The molecule has 1 unspecified atom stereocenters. The van der Waals surface area contributed by atoms with Gasteiger partial charge in [0.2, 0.25) is 0 Å². The van der Waals surface area contributed by atoms with Crippen LogP contribution in [0.4, 0.5) is 0 Å². The zero-order chi connectivity index (χ0) is 13.7. The van der Waals surface area contributed by atoms with Crippen LogP contribution in [0, 0.1) is 19.8 Å². The van der Waals surface area contributed by atoms with Crippen molar-refractivity contribution in [3.05, 3.63) is 23.0 Å². The van der Waals surface area contributed by atoms with Crippen LogP contribution < -0.4 is 10.1 Å². The van der Waals surface area contributed by atoms with Crippen LogP contribution in [0.2, 0.25) is 0 Å². The third-order valence-corrected chi connectivity index (χ3v) is 3.95. The minimum Gasteiger partial charge on any atom is -0.496 e. The fourth-order valence-corrected chi connectivity index (χ4v) is 2.92. The van der Waals surface area contributed by atoms with E-state index in [1.807, 2.05) is 13.1 Å². The average molecular weight is 315 g/mol. The number of rotatable bonds is 6. The van der Waals surface area contributed by atoms with Crippen LogP contribution in [-0.2, 0) is 6.54 Å². The number of nitrogens with zero attached hydrogens (tertiary/aromatic N) is 1. The number of aromatic nitrogens is 1. The number of ether oxygens (including phenoxy) is 1. The molecule has 102 valence electrons. The number of pyridine rings is 1. The van der Waals surface area contributed by atoms with Gasteiger partial charge in [-0.05, 0) is 19.8 Å². The Balaban J connectivity index is 2.79. The summed E-state index contributed by atoms with van der Waals surface area (Å²) in [6, 6.07) is 0.457. The Kier molecular flexibility index (Phi) is 6.09. The molecule has 18 heavy (non-hydrogen) atoms. The first kappa shape index (κ1) is 15.4. The maximum Gasteiger partial charge on any atom is 0.128 e. The number of methoxy groups -OCH3 is 1. The summed E-state index contributed by atoms with van der Waals surface area (Å²) in [5, 5.41) is 4.48. The highest BCUT2D eigenvalue weighted by molar-refractivity contribution is 9.09. The van der Waals surface area contributed by atoms with Crippen molar-refractivity contribution in [2.24, 2.45) is 5.92 Å². The molecular weight excluding hydrogens is 292 g/mol. The Labute approximate surface area is 118 Å². The van der Waals surface area contributed by atoms with Gasteiger partial charge in [-0.1, -0.05) is 29.8 Å². The zero-order valence-corrected chi connectivity index (χ0v) is 13.5. The van der Waals surface area contributed by atoms with E-state index in [1.165, 1.54) is 0 Å². The van der Waals surface area contributed by atoms with Gasteiger partial charge in [0.15, 0.2) is 0 Å². The Morgan fingerprint density at radius 2 is 2.06 bits per heavy atom. The second-order valence-electron chi connectivity index (χ2n) is 4.93. The van der Waals surface area contributed by atoms with Gasteiger partial charge in [-0.2, -0.15) is 0 Å². The van der Waals surface area contributed by atoms with E-state index in [2.05, 4.69) is 47.0 Å². The maximum absolute atomic E-state index is 5.42. The molecule has 1 heterocycles. The normalized spacial score (nSPS) is 12.8. The van der Waals surface area contributed by atoms with Gasteiger partial charge in [0.25, 0.3) is 0 Å². The molecule has 0 saturated heterocycles. The lowest BCUT2D eigenvalue weighted by atomic mass is 10.1. The van der Waals surface area contributed by atoms with E-state index < -0.39 is 0 Å². The molecular formula is C14H23BrN2O. The van der Waals surface area contributed by atoms with Crippen molar-refractivity contribution < 1.29 is 4.74 Å². The number of nitrogens with one attached hydrogen (secondary N) is 1. The van der Waals surface area contributed by atoms with Gasteiger partial charge in [0, 0.05) is 35.2 Å². The fraction of sp³-hybridized carbons (Fsp3) is 0.643. The molecule has 1 aromatic heterocycles. The number of hydrogen-bond acceptors (Lipinski definition) is 3. The molecule has 0 aromatic carbocycles. The highest BCUT2D eigenvalue weighted by atomic mass is 79.9. The SMILES string of the molecule is COc1c(C)cnc(CNC(CBr)C(C)C)c1C. The molecule has 0 aliphatic heterocycles. The summed E-state index contributed by atoms with van der Waals surface area (Å²) in [6.45, 7) is 9.29. The van der Waals surface area contributed by atoms with Crippen molar-refractivity contribution >= 4 is 15.9 Å². The smallest absolute Gasteiger partial charge is 0.128 e. The quantitative estimate of drug-likeness (QED) is 0.819. The van der Waals surface area contributed by atoms with Crippen LogP contribution >= 0.6 is 15.9 Å². The van der Waals surface area contributed by atoms with Crippen LogP contribution in [0.3, 0.4) is 0 Å². The predicted molar refractivity (Wildman–Crippen MR) is 79.5 cm³/mol. The zero-order valence-electron chi connectivity index (χ0n) is 11.9. The van der Waals surface area contributed by atoms with Crippen LogP contribution in [0.5, 0.6) is 5.75 Å². The van der Waals surface area contributed by atoms with E-state index >= 15 is 0 Å². The van der Waals surface area contributed by atoms with Gasteiger partial charge in [-0.15, -0.1) is 0 Å². The molecule has 1 aromatic rings. The number of alkyl halides is 1. The van der Waals surface area contributed by atoms with Crippen LogP contribution in [-0.4, -0.2) is 23.5 Å². The molecule has 0 radical (unpaired) electrons. The maximum atomic E-state index is 5.42. The minimum atomic E-state index is 0.457. The van der Waals surface area contributed by atoms with E-state index in [-0.39, 0.29) is 0 Å². The highest BCUT2D eigenvalue weighted by Gasteiger charge is 2.14. The van der Waals surface area contributed by atoms with Crippen molar-refractivity contribution in [1.29, 1.82) is 0 Å². The van der Waals surface area contributed by atoms with Gasteiger partial charge in [0.1, 0.15) is 5.75 Å². The first-order valence-electron chi connectivity index (χ1n) is 6.29. The largest absolute Gasteiger partial charge is 0.496 e. The van der Waals surface area contributed by atoms with Gasteiger partial charge >= 0.3 is 0 Å². The molecule has 1 N–H and O–H groups in total. The summed E-state index contributed by atoms with van der Waals surface area (Å²) in [7, 11) is 1.71. The Hall–Kier alpha value is -0.610. The molecule has 0 spiro atoms. The van der Waals surface area contributed by atoms with Crippen LogP contribution in [0.25, 0.3) is 0 Å². The number of hydrogen-bond donors (Lipinski definition) is 1. The molecule has 4 heteroatoms. The Bertz CT molecular complexity index is 394. The molecule has 3 nitrogen and oxygen atoms in total. The van der Waals surface area contributed by atoms with Gasteiger partial charge in [0.05, 0.1) is 12.8 Å². The monoisotopic (exact) mass is 314 g/mol. The molecule has 0 aliphatic carbocycles. The van der Waals surface area contributed by atoms with Gasteiger partial charge in [-0.25, -0.2) is 0 Å². The predicted octanol–water partition coefficient (Wildman–Crippen LogP) is 3.22. The van der Waals surface area contributed by atoms with Gasteiger partial charge < -0.3 is 10.1 Å². The molecule has 1 rings (SSSR count). The summed E-state index contributed by atoms with van der Waals surface area (Å²) >= 11 is 3.54. The second-order valence-corrected chi connectivity index (χ2v) is 5.58. The number of halogens is 1. The summed E-state index contributed by atoms with van der Waals surface area (Å²) in [6.07, 6.45) is 1.88. The summed E-state index contributed by atoms with van der Waals surface area (Å²) in [5.74, 6) is 1.54. The van der Waals surface area contributed by atoms with Crippen molar-refractivity contribution in [2.75, 3.05) is 12.4 Å². The molecule has 0 amide bonds. The Morgan fingerprint density at radius 1 is 1.39 bits per heavy atom. The standard InChI is InChI=1S/C14H23BrN2O/c1-9(2)12(6-15)17-8-13-11(4)14(18-5)10(3)7-16-13/h7,9,12,17H,6,8H2,1-5H3. The lowest BCUT2D eigenvalue weighted by molar-refractivity contribution is 0.403. The van der Waals surface area contributed by atoms with Crippen molar-refractivity contribution in [2.45, 2.75) is 40.3 Å². The third-order valence-electron chi connectivity index (χ3n) is 3.25. The molecule has 0 bridgehead atoms. The third kappa shape index (κ3) is 3.69. The first-order valence-corrected chi connectivity index (χ1v) is 7.41. The minimum absolute atomic E-state index is 0.457. The molecule has 0 fully saturated rings. The summed E-state index contributed by atoms with van der Waals surface area (Å²) in [4.78, 5) is 4.49. The van der Waals surface area contributed by atoms with Gasteiger partial charge in [-0.3, -0.25) is 4.98 Å². The van der Waals surface area contributed by atoms with Crippen LogP contribution in [0.15, 0.2) is 6.20 Å². The lowest BCUT2D eigenvalue weighted by Gasteiger charge is -2.21.